The third-order valence-corrected chi connectivity index (χ3v) is 5.11. The number of carbonyl (C=O) groups is 1. The van der Waals surface area contributed by atoms with Crippen molar-refractivity contribution in [3.8, 4) is 11.6 Å². The van der Waals surface area contributed by atoms with E-state index in [4.69, 9.17) is 18.9 Å². The van der Waals surface area contributed by atoms with Crippen LogP contribution in [0.5, 0.6) is 11.6 Å². The minimum absolute atomic E-state index is 0.146. The van der Waals surface area contributed by atoms with Gasteiger partial charge >= 0.3 is 5.97 Å². The molecule has 2 aromatic rings. The third kappa shape index (κ3) is 3.60. The van der Waals surface area contributed by atoms with Crippen LogP contribution in [-0.4, -0.2) is 42.2 Å². The van der Waals surface area contributed by atoms with Gasteiger partial charge in [0.15, 0.2) is 0 Å². The molecule has 0 bridgehead atoms. The fourth-order valence-corrected chi connectivity index (χ4v) is 3.33. The van der Waals surface area contributed by atoms with Crippen LogP contribution < -0.4 is 15.0 Å². The van der Waals surface area contributed by atoms with Gasteiger partial charge in [0.1, 0.15) is 17.5 Å². The number of methoxy groups -OCH3 is 2. The van der Waals surface area contributed by atoms with Crippen LogP contribution in [0.2, 0.25) is 0 Å². The molecule has 0 saturated carbocycles. The van der Waals surface area contributed by atoms with Crippen LogP contribution in [0, 0.1) is 5.92 Å². The molecule has 1 aliphatic rings. The maximum atomic E-state index is 12.0. The van der Waals surface area contributed by atoms with Crippen LogP contribution in [0.1, 0.15) is 35.9 Å². The topological polar surface area (TPSA) is 88.9 Å². The highest BCUT2D eigenvalue weighted by Gasteiger charge is 2.46. The van der Waals surface area contributed by atoms with E-state index in [2.05, 4.69) is 5.10 Å². The number of carbonyl (C=O) groups excluding carboxylic acids is 1. The molecule has 0 fully saturated rings. The van der Waals surface area contributed by atoms with E-state index in [1.54, 1.807) is 32.4 Å². The van der Waals surface area contributed by atoms with Crippen LogP contribution in [0.3, 0.4) is 0 Å². The van der Waals surface area contributed by atoms with Gasteiger partial charge in [-0.15, -0.1) is 5.10 Å². The second-order valence-electron chi connectivity index (χ2n) is 7.05. The Morgan fingerprint density at radius 1 is 1.29 bits per heavy atom. The van der Waals surface area contributed by atoms with E-state index in [-0.39, 0.29) is 11.5 Å². The number of benzene rings is 1. The van der Waals surface area contributed by atoms with Crippen molar-refractivity contribution in [2.75, 3.05) is 20.8 Å². The number of aromatic nitrogens is 2. The molecule has 0 N–H and O–H groups in total. The molecule has 0 spiro atoms. The van der Waals surface area contributed by atoms with Crippen molar-refractivity contribution < 1.29 is 23.7 Å². The van der Waals surface area contributed by atoms with E-state index in [0.29, 0.717) is 29.4 Å². The van der Waals surface area contributed by atoms with Gasteiger partial charge in [0, 0.05) is 37.8 Å². The van der Waals surface area contributed by atoms with Crippen LogP contribution >= 0.6 is 0 Å². The Balaban J connectivity index is 2.07. The summed E-state index contributed by atoms with van der Waals surface area (Å²) in [5, 5.41) is 4.16. The minimum atomic E-state index is -0.653. The summed E-state index contributed by atoms with van der Waals surface area (Å²) in [6.45, 7) is 4.29. The number of rotatable bonds is 5. The van der Waals surface area contributed by atoms with E-state index in [0.717, 1.165) is 0 Å². The molecule has 8 nitrogen and oxygen atoms in total. The van der Waals surface area contributed by atoms with Crippen molar-refractivity contribution >= 4 is 5.97 Å². The number of hydrogen-bond donors (Lipinski definition) is 0. The summed E-state index contributed by atoms with van der Waals surface area (Å²) >= 11 is 0. The lowest BCUT2D eigenvalue weighted by molar-refractivity contribution is -0.0869. The first-order valence-electron chi connectivity index (χ1n) is 8.90. The first-order valence-corrected chi connectivity index (χ1v) is 8.90. The molecule has 8 heteroatoms. The smallest absolute Gasteiger partial charge is 0.337 e. The van der Waals surface area contributed by atoms with Crippen LogP contribution in [-0.2, 0) is 16.5 Å². The Morgan fingerprint density at radius 2 is 2.04 bits per heavy atom. The molecule has 28 heavy (non-hydrogen) atoms. The second kappa shape index (κ2) is 7.63. The van der Waals surface area contributed by atoms with Crippen molar-refractivity contribution in [1.29, 1.82) is 0 Å². The molecule has 2 heterocycles. The van der Waals surface area contributed by atoms with E-state index >= 15 is 0 Å². The molecule has 1 aromatic heterocycles. The van der Waals surface area contributed by atoms with Gasteiger partial charge in [0.2, 0.25) is 5.88 Å². The zero-order valence-electron chi connectivity index (χ0n) is 16.6. The SMILES string of the molecule is COCC1(C)Oc2ccc(C(=O)OC)cc2C(Oc2ccc(=O)n(C)n2)C1C. The van der Waals surface area contributed by atoms with Gasteiger partial charge in [-0.1, -0.05) is 6.92 Å². The van der Waals surface area contributed by atoms with Gasteiger partial charge in [-0.05, 0) is 25.1 Å². The molecule has 150 valence electrons. The summed E-state index contributed by atoms with van der Waals surface area (Å²) in [4.78, 5) is 23.6. The summed E-state index contributed by atoms with van der Waals surface area (Å²) < 4.78 is 23.8. The lowest BCUT2D eigenvalue weighted by atomic mass is 9.80. The summed E-state index contributed by atoms with van der Waals surface area (Å²) in [7, 11) is 4.50. The van der Waals surface area contributed by atoms with Gasteiger partial charge in [-0.3, -0.25) is 4.79 Å². The van der Waals surface area contributed by atoms with Crippen molar-refractivity contribution in [3.05, 3.63) is 51.8 Å². The normalized spacial score (nSPS) is 23.5. The van der Waals surface area contributed by atoms with Crippen molar-refractivity contribution in [2.45, 2.75) is 25.6 Å². The molecule has 0 saturated heterocycles. The van der Waals surface area contributed by atoms with Gasteiger partial charge in [-0.2, -0.15) is 0 Å². The number of hydrogen-bond acceptors (Lipinski definition) is 7. The third-order valence-electron chi connectivity index (χ3n) is 5.11. The quantitative estimate of drug-likeness (QED) is 0.725. The monoisotopic (exact) mass is 388 g/mol. The highest BCUT2D eigenvalue weighted by Crippen LogP contribution is 2.46. The number of aryl methyl sites for hydroxylation is 1. The molecular formula is C20H24N2O6. The van der Waals surface area contributed by atoms with Crippen LogP contribution in [0.25, 0.3) is 0 Å². The summed E-state index contributed by atoms with van der Waals surface area (Å²) in [5.41, 5.74) is 0.221. The first-order chi connectivity index (χ1) is 13.3. The van der Waals surface area contributed by atoms with Crippen molar-refractivity contribution in [1.82, 2.24) is 9.78 Å². The standard InChI is InChI=1S/C20H24N2O6/c1-12-18(27-16-8-9-17(23)22(3)21-16)14-10-13(19(24)26-5)6-7-15(14)28-20(12,2)11-25-4/h6-10,12,18H,11H2,1-5H3. The summed E-state index contributed by atoms with van der Waals surface area (Å²) in [5.74, 6) is 0.307. The van der Waals surface area contributed by atoms with E-state index in [9.17, 15) is 9.59 Å². The van der Waals surface area contributed by atoms with E-state index in [1.807, 2.05) is 13.8 Å². The molecule has 3 rings (SSSR count). The number of fused-ring (bicyclic) bond motifs is 1. The molecule has 0 aliphatic carbocycles. The molecule has 3 atom stereocenters. The molecule has 1 aliphatic heterocycles. The van der Waals surface area contributed by atoms with Crippen LogP contribution in [0.4, 0.5) is 0 Å². The zero-order valence-corrected chi connectivity index (χ0v) is 16.6. The Morgan fingerprint density at radius 3 is 2.68 bits per heavy atom. The Hall–Kier alpha value is -2.87. The Labute approximate surface area is 163 Å². The van der Waals surface area contributed by atoms with Crippen LogP contribution in [0.15, 0.2) is 35.1 Å². The lowest BCUT2D eigenvalue weighted by Crippen LogP contribution is -2.50. The largest absolute Gasteiger partial charge is 0.484 e. The number of esters is 1. The van der Waals surface area contributed by atoms with E-state index in [1.165, 1.54) is 23.9 Å². The predicted molar refractivity (Wildman–Crippen MR) is 101 cm³/mol. The minimum Gasteiger partial charge on any atom is -0.484 e. The number of nitrogens with zero attached hydrogens (tertiary/aromatic N) is 2. The number of ether oxygens (including phenoxy) is 4. The van der Waals surface area contributed by atoms with Crippen molar-refractivity contribution in [2.24, 2.45) is 13.0 Å². The predicted octanol–water partition coefficient (Wildman–Crippen LogP) is 2.12. The Kier molecular flexibility index (Phi) is 5.42. The fraction of sp³-hybridized carbons (Fsp3) is 0.450. The second-order valence-corrected chi connectivity index (χ2v) is 7.05. The highest BCUT2D eigenvalue weighted by atomic mass is 16.6. The van der Waals surface area contributed by atoms with Gasteiger partial charge in [-0.25, -0.2) is 9.48 Å². The highest BCUT2D eigenvalue weighted by molar-refractivity contribution is 5.89. The average molecular weight is 388 g/mol. The molecule has 0 amide bonds. The lowest BCUT2D eigenvalue weighted by Gasteiger charge is -2.44. The first kappa shape index (κ1) is 19.9. The molecule has 0 radical (unpaired) electrons. The summed E-state index contributed by atoms with van der Waals surface area (Å²) in [6.07, 6.45) is -0.474. The Bertz CT molecular complexity index is 941. The fourth-order valence-electron chi connectivity index (χ4n) is 3.33. The molecular weight excluding hydrogens is 364 g/mol. The van der Waals surface area contributed by atoms with Crippen molar-refractivity contribution in [3.63, 3.8) is 0 Å². The molecule has 3 unspecified atom stereocenters. The summed E-state index contributed by atoms with van der Waals surface area (Å²) in [6, 6.07) is 8.01. The van der Waals surface area contributed by atoms with Gasteiger partial charge in [0.25, 0.3) is 5.56 Å². The van der Waals surface area contributed by atoms with Gasteiger partial charge in [0.05, 0.1) is 19.3 Å². The maximum absolute atomic E-state index is 12.0. The van der Waals surface area contributed by atoms with E-state index < -0.39 is 17.7 Å². The molecule has 1 aromatic carbocycles. The zero-order chi connectivity index (χ0) is 20.5. The average Bonchev–Trinajstić information content (AvgIpc) is 2.67. The van der Waals surface area contributed by atoms with Gasteiger partial charge < -0.3 is 18.9 Å². The maximum Gasteiger partial charge on any atom is 0.337 e.